The molecule has 1 N–H and O–H groups in total. The van der Waals surface area contributed by atoms with Gasteiger partial charge in [-0.1, -0.05) is 37.3 Å². The first-order valence-corrected chi connectivity index (χ1v) is 12.4. The normalized spacial score (nSPS) is 26.6. The first-order chi connectivity index (χ1) is 15.1. The lowest BCUT2D eigenvalue weighted by atomic mass is 9.82. The number of hydrogen-bond acceptors (Lipinski definition) is 5. The molecule has 172 valence electrons. The van der Waals surface area contributed by atoms with E-state index in [0.29, 0.717) is 12.2 Å². The van der Waals surface area contributed by atoms with E-state index in [1.807, 2.05) is 11.8 Å². The third-order valence-electron chi connectivity index (χ3n) is 7.37. The van der Waals surface area contributed by atoms with Crippen LogP contribution in [0.2, 0.25) is 0 Å². The lowest BCUT2D eigenvalue weighted by Crippen LogP contribution is -2.51. The van der Waals surface area contributed by atoms with E-state index in [9.17, 15) is 9.59 Å². The van der Waals surface area contributed by atoms with Crippen LogP contribution in [0.3, 0.4) is 0 Å². The van der Waals surface area contributed by atoms with Gasteiger partial charge < -0.3 is 14.7 Å². The highest BCUT2D eigenvalue weighted by Crippen LogP contribution is 2.31. The molecule has 0 bridgehead atoms. The molecule has 2 aliphatic heterocycles. The Morgan fingerprint density at radius 3 is 2.55 bits per heavy atom. The van der Waals surface area contributed by atoms with E-state index in [4.69, 9.17) is 4.52 Å². The highest BCUT2D eigenvalue weighted by Gasteiger charge is 2.39. The van der Waals surface area contributed by atoms with Gasteiger partial charge in [-0.25, -0.2) is 0 Å². The summed E-state index contributed by atoms with van der Waals surface area (Å²) in [5, 5.41) is 7.36. The van der Waals surface area contributed by atoms with Crippen LogP contribution < -0.4 is 5.32 Å². The van der Waals surface area contributed by atoms with Gasteiger partial charge in [0.25, 0.3) is 5.91 Å². The van der Waals surface area contributed by atoms with Crippen LogP contribution in [-0.4, -0.2) is 59.0 Å². The maximum atomic E-state index is 13.8. The van der Waals surface area contributed by atoms with E-state index in [-0.39, 0.29) is 23.8 Å². The number of nitrogens with one attached hydrogen (secondary N) is 1. The summed E-state index contributed by atoms with van der Waals surface area (Å²) in [5.41, 5.74) is 1.39. The third kappa shape index (κ3) is 5.30. The molecule has 0 spiro atoms. The summed E-state index contributed by atoms with van der Waals surface area (Å²) in [6, 6.07) is -0.0424. The van der Waals surface area contributed by atoms with Crippen molar-refractivity contribution in [3.63, 3.8) is 0 Å². The minimum Gasteiger partial charge on any atom is -0.361 e. The highest BCUT2D eigenvalue weighted by molar-refractivity contribution is 5.94. The molecule has 0 radical (unpaired) electrons. The summed E-state index contributed by atoms with van der Waals surface area (Å²) in [4.78, 5) is 31.2. The standard InChI is InChI=1S/C24H38N4O3/c1-18-20(17-27-14-8-4-9-15-27)22(26-31-18)24(30)28-16-10-3-2-7-13-25-23(29)19-11-5-6-12-21(19)28/h19,21H,2-17H2,1H3,(H,25,29). The molecule has 2 atom stereocenters. The fourth-order valence-electron chi connectivity index (χ4n) is 5.53. The van der Waals surface area contributed by atoms with Crippen LogP contribution in [0.5, 0.6) is 0 Å². The SMILES string of the molecule is Cc1onc(C(=O)N2CCCCCCNC(=O)C3CCCCC32)c1CN1CCCCC1. The molecule has 1 saturated carbocycles. The number of carbonyl (C=O) groups excluding carboxylic acids is 2. The van der Waals surface area contributed by atoms with Crippen LogP contribution >= 0.6 is 0 Å². The average molecular weight is 431 g/mol. The van der Waals surface area contributed by atoms with Crippen molar-refractivity contribution in [2.75, 3.05) is 26.2 Å². The maximum Gasteiger partial charge on any atom is 0.276 e. The van der Waals surface area contributed by atoms with Gasteiger partial charge in [0.15, 0.2) is 5.69 Å². The zero-order valence-electron chi connectivity index (χ0n) is 19.0. The van der Waals surface area contributed by atoms with Gasteiger partial charge >= 0.3 is 0 Å². The van der Waals surface area contributed by atoms with Crippen molar-refractivity contribution in [3.05, 3.63) is 17.0 Å². The molecule has 7 nitrogen and oxygen atoms in total. The molecule has 31 heavy (non-hydrogen) atoms. The first kappa shape index (κ1) is 22.3. The molecule has 3 aliphatic rings. The van der Waals surface area contributed by atoms with Crippen molar-refractivity contribution in [3.8, 4) is 0 Å². The van der Waals surface area contributed by atoms with E-state index in [0.717, 1.165) is 88.9 Å². The molecule has 3 fully saturated rings. The Kier molecular flexibility index (Phi) is 7.64. The molecule has 3 heterocycles. The number of likely N-dealkylation sites (tertiary alicyclic amines) is 1. The van der Waals surface area contributed by atoms with E-state index >= 15 is 0 Å². The van der Waals surface area contributed by atoms with Crippen molar-refractivity contribution in [2.45, 2.75) is 90.1 Å². The minimum absolute atomic E-state index is 0.0424. The molecular weight excluding hydrogens is 392 g/mol. The molecule has 7 heteroatoms. The number of piperidine rings is 1. The van der Waals surface area contributed by atoms with Gasteiger partial charge in [0.1, 0.15) is 5.76 Å². The molecule has 1 aliphatic carbocycles. The van der Waals surface area contributed by atoms with E-state index in [1.165, 1.54) is 19.3 Å². The Morgan fingerprint density at radius 1 is 1.00 bits per heavy atom. The van der Waals surface area contributed by atoms with Gasteiger partial charge in [0.2, 0.25) is 5.91 Å². The molecular formula is C24H38N4O3. The number of carbonyl (C=O) groups is 2. The molecule has 2 saturated heterocycles. The minimum atomic E-state index is -0.116. The summed E-state index contributed by atoms with van der Waals surface area (Å²) in [6.07, 6.45) is 11.7. The van der Waals surface area contributed by atoms with Gasteiger partial charge in [-0.2, -0.15) is 0 Å². The predicted octanol–water partition coefficient (Wildman–Crippen LogP) is 3.66. The number of hydrogen-bond donors (Lipinski definition) is 1. The average Bonchev–Trinajstić information content (AvgIpc) is 3.14. The molecule has 0 aromatic carbocycles. The van der Waals surface area contributed by atoms with E-state index in [1.54, 1.807) is 0 Å². The van der Waals surface area contributed by atoms with Gasteiger partial charge in [-0.3, -0.25) is 14.5 Å². The third-order valence-corrected chi connectivity index (χ3v) is 7.37. The second-order valence-electron chi connectivity index (χ2n) is 9.56. The summed E-state index contributed by atoms with van der Waals surface area (Å²) < 4.78 is 5.52. The Hall–Kier alpha value is -1.89. The quantitative estimate of drug-likeness (QED) is 0.792. The molecule has 1 aromatic heterocycles. The van der Waals surface area contributed by atoms with Crippen molar-refractivity contribution in [2.24, 2.45) is 5.92 Å². The summed E-state index contributed by atoms with van der Waals surface area (Å²) in [6.45, 7) is 6.20. The summed E-state index contributed by atoms with van der Waals surface area (Å²) in [5.74, 6) is 0.696. The van der Waals surface area contributed by atoms with Crippen LogP contribution in [0.15, 0.2) is 4.52 Å². The summed E-state index contributed by atoms with van der Waals surface area (Å²) >= 11 is 0. The lowest BCUT2D eigenvalue weighted by molar-refractivity contribution is -0.128. The van der Waals surface area contributed by atoms with Gasteiger partial charge in [0.05, 0.1) is 5.92 Å². The summed E-state index contributed by atoms with van der Waals surface area (Å²) in [7, 11) is 0. The first-order valence-electron chi connectivity index (χ1n) is 12.4. The second-order valence-corrected chi connectivity index (χ2v) is 9.56. The number of aromatic nitrogens is 1. The van der Waals surface area contributed by atoms with Crippen molar-refractivity contribution in [1.82, 2.24) is 20.3 Å². The van der Waals surface area contributed by atoms with Crippen LogP contribution in [0.4, 0.5) is 0 Å². The number of rotatable bonds is 3. The molecule has 4 rings (SSSR count). The van der Waals surface area contributed by atoms with Gasteiger partial charge in [0, 0.05) is 31.2 Å². The smallest absolute Gasteiger partial charge is 0.276 e. The lowest BCUT2D eigenvalue weighted by Gasteiger charge is -2.39. The molecule has 2 amide bonds. The maximum absolute atomic E-state index is 13.8. The topological polar surface area (TPSA) is 78.7 Å². The zero-order chi connectivity index (χ0) is 21.6. The number of nitrogens with zero attached hydrogens (tertiary/aromatic N) is 3. The fourth-order valence-corrected chi connectivity index (χ4v) is 5.53. The number of fused-ring (bicyclic) bond motifs is 1. The molecule has 1 aromatic rings. The van der Waals surface area contributed by atoms with Crippen LogP contribution in [-0.2, 0) is 11.3 Å². The van der Waals surface area contributed by atoms with E-state index in [2.05, 4.69) is 15.4 Å². The van der Waals surface area contributed by atoms with Crippen molar-refractivity contribution in [1.29, 1.82) is 0 Å². The Balaban J connectivity index is 1.59. The van der Waals surface area contributed by atoms with Crippen LogP contribution in [0, 0.1) is 12.8 Å². The Labute approximate surface area is 185 Å². The second kappa shape index (κ2) is 10.6. The van der Waals surface area contributed by atoms with Crippen LogP contribution in [0.1, 0.15) is 92.4 Å². The zero-order valence-corrected chi connectivity index (χ0v) is 19.0. The van der Waals surface area contributed by atoms with Gasteiger partial charge in [-0.15, -0.1) is 0 Å². The largest absolute Gasteiger partial charge is 0.361 e. The Morgan fingerprint density at radius 2 is 1.71 bits per heavy atom. The fraction of sp³-hybridized carbons (Fsp3) is 0.792. The molecule has 2 unspecified atom stereocenters. The predicted molar refractivity (Wildman–Crippen MR) is 119 cm³/mol. The van der Waals surface area contributed by atoms with Crippen molar-refractivity contribution >= 4 is 11.8 Å². The van der Waals surface area contributed by atoms with Gasteiger partial charge in [-0.05, 0) is 58.5 Å². The number of aryl methyl sites for hydroxylation is 1. The Bertz CT molecular complexity index is 756. The highest BCUT2D eigenvalue weighted by atomic mass is 16.5. The number of amides is 2. The monoisotopic (exact) mass is 430 g/mol. The van der Waals surface area contributed by atoms with E-state index < -0.39 is 0 Å². The van der Waals surface area contributed by atoms with Crippen LogP contribution in [0.25, 0.3) is 0 Å². The van der Waals surface area contributed by atoms with Crippen molar-refractivity contribution < 1.29 is 14.1 Å².